The van der Waals surface area contributed by atoms with Gasteiger partial charge < -0.3 is 13.9 Å². The third-order valence-electron chi connectivity index (χ3n) is 9.04. The Morgan fingerprint density at radius 1 is 0.490 bits per heavy atom. The molecule has 0 N–H and O–H groups in total. The molecule has 0 aliphatic rings. The summed E-state index contributed by atoms with van der Waals surface area (Å²) in [6.07, 6.45) is 0. The van der Waals surface area contributed by atoms with Gasteiger partial charge in [-0.05, 0) is 83.3 Å². The van der Waals surface area contributed by atoms with Crippen LogP contribution in [0.15, 0.2) is 198 Å². The Morgan fingerprint density at radius 2 is 1.10 bits per heavy atom. The average Bonchev–Trinajstić information content (AvgIpc) is 3.88. The molecular weight excluding hydrogens is 621 g/mol. The molecule has 0 spiro atoms. The highest BCUT2D eigenvalue weighted by Gasteiger charge is 2.22. The van der Waals surface area contributed by atoms with Crippen LogP contribution in [0, 0.1) is 0 Å². The van der Waals surface area contributed by atoms with Crippen molar-refractivity contribution in [1.29, 1.82) is 0 Å². The minimum Gasteiger partial charge on any atom is -0.455 e. The van der Waals surface area contributed by atoms with Gasteiger partial charge in [-0.3, -0.25) is 0 Å². The molecule has 0 aliphatic heterocycles. The van der Waals surface area contributed by atoms with E-state index in [1.54, 1.807) is 36.4 Å². The number of rotatable bonds is 6. The third kappa shape index (κ3) is 4.82. The molecule has 8 aromatic carbocycles. The van der Waals surface area contributed by atoms with Crippen molar-refractivity contribution in [2.75, 3.05) is 4.90 Å². The molecular formula is C48H32N2O. The van der Waals surface area contributed by atoms with E-state index in [0.29, 0.717) is 27.5 Å². The summed E-state index contributed by atoms with van der Waals surface area (Å²) in [4.78, 5) is 1.11. The molecule has 0 fully saturated rings. The highest BCUT2D eigenvalue weighted by Crippen LogP contribution is 2.46. The largest absolute Gasteiger partial charge is 0.455 e. The maximum atomic E-state index is 9.49. The van der Waals surface area contributed by atoms with Crippen LogP contribution in [0.25, 0.3) is 71.7 Å². The SMILES string of the molecule is [2H]c1c([2H])c([2H])c(-c2c([2H])c([2H])c(N(c3c([2H])c([2H])c([2H])c([2H])c3[2H])c3ccc(-c4cccc(-n5c6ccccc6c6ccccc65)c4)c4oc5ccccc5c34)c([2H])c2[2H])c([2H])c1[2H]. The maximum absolute atomic E-state index is 9.49. The molecule has 0 aliphatic carbocycles. The predicted molar refractivity (Wildman–Crippen MR) is 214 cm³/mol. The number of hydrogen-bond donors (Lipinski definition) is 0. The van der Waals surface area contributed by atoms with Crippen LogP contribution in [-0.2, 0) is 0 Å². The smallest absolute Gasteiger partial charge is 0.145 e. The van der Waals surface area contributed by atoms with Gasteiger partial charge in [0.2, 0.25) is 0 Å². The first kappa shape index (κ1) is 18.2. The summed E-state index contributed by atoms with van der Waals surface area (Å²) in [7, 11) is 0. The Kier molecular flexibility index (Phi) is 4.27. The second kappa shape index (κ2) is 11.9. The zero-order valence-electron chi connectivity index (χ0n) is 40.7. The number of anilines is 3. The van der Waals surface area contributed by atoms with Gasteiger partial charge in [0.15, 0.2) is 0 Å². The van der Waals surface area contributed by atoms with Crippen molar-refractivity contribution in [3.8, 4) is 27.9 Å². The van der Waals surface area contributed by atoms with Crippen LogP contribution < -0.4 is 4.90 Å². The van der Waals surface area contributed by atoms with Crippen LogP contribution in [0.1, 0.15) is 19.2 Å². The van der Waals surface area contributed by atoms with Crippen molar-refractivity contribution < 1.29 is 23.6 Å². The van der Waals surface area contributed by atoms with Crippen LogP contribution in [0.5, 0.6) is 0 Å². The summed E-state index contributed by atoms with van der Waals surface area (Å²) in [6.45, 7) is 0. The first-order valence-corrected chi connectivity index (χ1v) is 16.2. The molecule has 240 valence electrons. The van der Waals surface area contributed by atoms with Crippen LogP contribution >= 0.6 is 0 Å². The monoisotopic (exact) mass is 666 g/mol. The standard InChI is InChI=1S/C48H32N2O/c1-3-14-33(15-4-1)34-26-28-37(29-27-34)49(36-17-5-2-6-18-36)45-31-30-39(48-47(45)42-22-9-12-25-46(42)51-48)35-16-13-19-38(32-35)50-43-23-10-7-20-40(43)41-21-8-11-24-44(41)50/h1-32H/i1D,2D,3D,4D,5D,6D,14D,15D,17D,18D,26D,27D,28D,29D. The van der Waals surface area contributed by atoms with E-state index in [4.69, 9.17) is 18.1 Å². The molecule has 0 amide bonds. The van der Waals surface area contributed by atoms with Gasteiger partial charge in [0.1, 0.15) is 11.2 Å². The molecule has 2 heterocycles. The Morgan fingerprint density at radius 3 is 1.82 bits per heavy atom. The molecule has 3 heteroatoms. The van der Waals surface area contributed by atoms with Crippen molar-refractivity contribution in [1.82, 2.24) is 4.57 Å². The Balaban J connectivity index is 1.28. The van der Waals surface area contributed by atoms with E-state index in [9.17, 15) is 5.48 Å². The molecule has 0 saturated heterocycles. The number of hydrogen-bond acceptors (Lipinski definition) is 2. The lowest BCUT2D eigenvalue weighted by molar-refractivity contribution is 0.670. The van der Waals surface area contributed by atoms with Crippen molar-refractivity contribution >= 4 is 60.8 Å². The van der Waals surface area contributed by atoms with Gasteiger partial charge in [-0.2, -0.15) is 0 Å². The predicted octanol–water partition coefficient (Wildman–Crippen LogP) is 13.5. The molecule has 10 rings (SSSR count). The van der Waals surface area contributed by atoms with E-state index in [1.165, 1.54) is 0 Å². The van der Waals surface area contributed by atoms with E-state index in [0.717, 1.165) is 38.0 Å². The van der Waals surface area contributed by atoms with Crippen molar-refractivity contribution in [2.45, 2.75) is 0 Å². The molecule has 10 aromatic rings. The fourth-order valence-electron chi connectivity index (χ4n) is 6.86. The molecule has 0 radical (unpaired) electrons. The van der Waals surface area contributed by atoms with E-state index in [-0.39, 0.29) is 5.69 Å². The van der Waals surface area contributed by atoms with Crippen molar-refractivity contribution in [3.63, 3.8) is 0 Å². The second-order valence-electron chi connectivity index (χ2n) is 11.9. The van der Waals surface area contributed by atoms with E-state index >= 15 is 0 Å². The van der Waals surface area contributed by atoms with Crippen molar-refractivity contribution in [3.05, 3.63) is 194 Å². The first-order chi connectivity index (χ1) is 31.1. The van der Waals surface area contributed by atoms with Gasteiger partial charge in [0, 0.05) is 38.8 Å². The van der Waals surface area contributed by atoms with Crippen LogP contribution in [0.3, 0.4) is 0 Å². The summed E-state index contributed by atoms with van der Waals surface area (Å²) < 4.78 is 132. The minimum absolute atomic E-state index is 0.0853. The Bertz CT molecular complexity index is 3550. The Hall–Kier alpha value is -6.84. The molecule has 3 nitrogen and oxygen atoms in total. The van der Waals surface area contributed by atoms with Crippen LogP contribution in [0.2, 0.25) is 0 Å². The molecule has 51 heavy (non-hydrogen) atoms. The topological polar surface area (TPSA) is 21.3 Å². The van der Waals surface area contributed by atoms with Gasteiger partial charge in [-0.1, -0.05) is 127 Å². The molecule has 2 aromatic heterocycles. The van der Waals surface area contributed by atoms with Gasteiger partial charge in [0.05, 0.1) is 41.3 Å². The second-order valence-corrected chi connectivity index (χ2v) is 11.9. The number of furan rings is 1. The summed E-state index contributed by atoms with van der Waals surface area (Å²) in [5.41, 5.74) is 2.90. The number of aromatic nitrogens is 1. The third-order valence-corrected chi connectivity index (χ3v) is 9.04. The lowest BCUT2D eigenvalue weighted by atomic mass is 9.99. The lowest BCUT2D eigenvalue weighted by Crippen LogP contribution is -2.10. The number of fused-ring (bicyclic) bond motifs is 6. The number of benzene rings is 8. The van der Waals surface area contributed by atoms with Gasteiger partial charge in [-0.15, -0.1) is 0 Å². The summed E-state index contributed by atoms with van der Waals surface area (Å²) >= 11 is 0. The van der Waals surface area contributed by atoms with Gasteiger partial charge in [0.25, 0.3) is 0 Å². The van der Waals surface area contributed by atoms with E-state index < -0.39 is 107 Å². The number of para-hydroxylation sites is 4. The van der Waals surface area contributed by atoms with Crippen molar-refractivity contribution in [2.24, 2.45) is 0 Å². The molecule has 0 unspecified atom stereocenters. The first-order valence-electron chi connectivity index (χ1n) is 23.2. The Labute approximate surface area is 315 Å². The zero-order chi connectivity index (χ0) is 45.9. The lowest BCUT2D eigenvalue weighted by Gasteiger charge is -2.27. The maximum Gasteiger partial charge on any atom is 0.145 e. The molecule has 0 atom stereocenters. The zero-order valence-corrected chi connectivity index (χ0v) is 26.7. The van der Waals surface area contributed by atoms with Crippen LogP contribution in [0.4, 0.5) is 17.1 Å². The molecule has 0 bridgehead atoms. The summed E-state index contributed by atoms with van der Waals surface area (Å²) in [5, 5.41) is 3.06. The van der Waals surface area contributed by atoms with Crippen LogP contribution in [-0.4, -0.2) is 4.57 Å². The summed E-state index contributed by atoms with van der Waals surface area (Å²) in [6, 6.07) is 24.2. The average molecular weight is 667 g/mol. The highest BCUT2D eigenvalue weighted by atomic mass is 16.3. The fraction of sp³-hybridized carbons (Fsp3) is 0. The van der Waals surface area contributed by atoms with E-state index in [1.807, 2.05) is 48.5 Å². The van der Waals surface area contributed by atoms with Gasteiger partial charge >= 0.3 is 0 Å². The molecule has 0 saturated carbocycles. The quantitative estimate of drug-likeness (QED) is 0.176. The fourth-order valence-corrected chi connectivity index (χ4v) is 6.86. The van der Waals surface area contributed by atoms with Gasteiger partial charge in [-0.25, -0.2) is 0 Å². The van der Waals surface area contributed by atoms with E-state index in [2.05, 4.69) is 28.8 Å². The highest BCUT2D eigenvalue weighted by molar-refractivity contribution is 6.17. The minimum atomic E-state index is -0.788. The number of nitrogens with zero attached hydrogens (tertiary/aromatic N) is 2. The summed E-state index contributed by atoms with van der Waals surface area (Å²) in [5.74, 6) is 0. The normalized spacial score (nSPS) is 15.4.